The molecular weight excluding hydrogens is 251 g/mol. The molecule has 0 heterocycles. The van der Waals surface area contributed by atoms with E-state index >= 15 is 0 Å². The first-order valence-corrected chi connectivity index (χ1v) is 4.50. The predicted molar refractivity (Wildman–Crippen MR) is 53.5 cm³/mol. The van der Waals surface area contributed by atoms with Crippen LogP contribution in [-0.4, -0.2) is 5.78 Å². The molecule has 0 saturated carbocycles. The summed E-state index contributed by atoms with van der Waals surface area (Å²) in [6.07, 6.45) is 0.552. The summed E-state index contributed by atoms with van der Waals surface area (Å²) < 4.78 is 1.18. The van der Waals surface area contributed by atoms with Gasteiger partial charge in [0.15, 0.2) is 0 Å². The van der Waals surface area contributed by atoms with E-state index in [1.165, 1.54) is 3.57 Å². The molecule has 1 aromatic carbocycles. The van der Waals surface area contributed by atoms with Crippen LogP contribution in [0, 0.1) is 3.57 Å². The van der Waals surface area contributed by atoms with E-state index in [0.717, 1.165) is 5.56 Å². The minimum Gasteiger partial charge on any atom is -0.300 e. The molecule has 11 heavy (non-hydrogen) atoms. The number of ketones is 1. The van der Waals surface area contributed by atoms with Crippen LogP contribution < -0.4 is 0 Å². The second kappa shape index (κ2) is 3.85. The van der Waals surface area contributed by atoms with E-state index in [0.29, 0.717) is 6.42 Å². The van der Waals surface area contributed by atoms with Gasteiger partial charge in [-0.05, 0) is 47.2 Å². The zero-order valence-electron chi connectivity index (χ0n) is 6.30. The normalized spacial score (nSPS) is 9.64. The minimum atomic E-state index is 0.215. The van der Waals surface area contributed by atoms with Crippen LogP contribution in [0.1, 0.15) is 12.5 Å². The lowest BCUT2D eigenvalue weighted by Crippen LogP contribution is -1.95. The number of benzene rings is 1. The zero-order valence-corrected chi connectivity index (χ0v) is 8.46. The van der Waals surface area contributed by atoms with Crippen LogP contribution >= 0.6 is 22.6 Å². The molecule has 1 rings (SSSR count). The average Bonchev–Trinajstić information content (AvgIpc) is 1.85. The fourth-order valence-electron chi connectivity index (χ4n) is 0.934. The van der Waals surface area contributed by atoms with E-state index in [1.54, 1.807) is 6.92 Å². The SMILES string of the molecule is CC(=O)Cc1cccc(I)c1. The molecule has 0 fully saturated rings. The van der Waals surface area contributed by atoms with Gasteiger partial charge in [-0.25, -0.2) is 0 Å². The highest BCUT2D eigenvalue weighted by atomic mass is 127. The second-order valence-electron chi connectivity index (χ2n) is 2.51. The fraction of sp³-hybridized carbons (Fsp3) is 0.222. The first-order chi connectivity index (χ1) is 5.18. The van der Waals surface area contributed by atoms with Crippen molar-refractivity contribution in [3.05, 3.63) is 33.4 Å². The molecule has 0 aromatic heterocycles. The van der Waals surface area contributed by atoms with Crippen LogP contribution in [0.4, 0.5) is 0 Å². The fourth-order valence-corrected chi connectivity index (χ4v) is 1.54. The molecule has 0 aliphatic heterocycles. The standard InChI is InChI=1S/C9H9IO/c1-7(11)5-8-3-2-4-9(10)6-8/h2-4,6H,5H2,1H3. The van der Waals surface area contributed by atoms with E-state index in [4.69, 9.17) is 0 Å². The first-order valence-electron chi connectivity index (χ1n) is 3.42. The Bertz CT molecular complexity index is 268. The van der Waals surface area contributed by atoms with Gasteiger partial charge in [0.2, 0.25) is 0 Å². The molecule has 0 atom stereocenters. The highest BCUT2D eigenvalue weighted by Crippen LogP contribution is 2.08. The van der Waals surface area contributed by atoms with Crippen molar-refractivity contribution in [2.45, 2.75) is 13.3 Å². The van der Waals surface area contributed by atoms with Gasteiger partial charge in [0, 0.05) is 9.99 Å². The molecule has 0 bridgehead atoms. The second-order valence-corrected chi connectivity index (χ2v) is 3.75. The molecule has 0 aliphatic rings. The number of carbonyl (C=O) groups excluding carboxylic acids is 1. The number of halogens is 1. The van der Waals surface area contributed by atoms with Gasteiger partial charge < -0.3 is 0 Å². The molecule has 0 saturated heterocycles. The van der Waals surface area contributed by atoms with E-state index in [1.807, 2.05) is 24.3 Å². The van der Waals surface area contributed by atoms with E-state index in [-0.39, 0.29) is 5.78 Å². The topological polar surface area (TPSA) is 17.1 Å². The van der Waals surface area contributed by atoms with Crippen LogP contribution in [0.15, 0.2) is 24.3 Å². The van der Waals surface area contributed by atoms with Gasteiger partial charge in [0.05, 0.1) is 0 Å². The van der Waals surface area contributed by atoms with Gasteiger partial charge in [-0.3, -0.25) is 4.79 Å². The van der Waals surface area contributed by atoms with Crippen molar-refractivity contribution in [3.8, 4) is 0 Å². The third-order valence-corrected chi connectivity index (χ3v) is 2.01. The molecule has 0 amide bonds. The van der Waals surface area contributed by atoms with Gasteiger partial charge in [-0.2, -0.15) is 0 Å². The van der Waals surface area contributed by atoms with E-state index in [9.17, 15) is 4.79 Å². The third kappa shape index (κ3) is 3.01. The van der Waals surface area contributed by atoms with Gasteiger partial charge in [0.1, 0.15) is 5.78 Å². The molecule has 0 aliphatic carbocycles. The molecule has 1 nitrogen and oxygen atoms in total. The lowest BCUT2D eigenvalue weighted by Gasteiger charge is -1.96. The minimum absolute atomic E-state index is 0.215. The van der Waals surface area contributed by atoms with Gasteiger partial charge in [0.25, 0.3) is 0 Å². The number of hydrogen-bond acceptors (Lipinski definition) is 1. The van der Waals surface area contributed by atoms with Crippen LogP contribution in [-0.2, 0) is 11.2 Å². The van der Waals surface area contributed by atoms with Crippen molar-refractivity contribution < 1.29 is 4.79 Å². The largest absolute Gasteiger partial charge is 0.300 e. The number of Topliss-reactive ketones (excluding diaryl/α,β-unsaturated/α-hetero) is 1. The smallest absolute Gasteiger partial charge is 0.134 e. The first kappa shape index (κ1) is 8.71. The van der Waals surface area contributed by atoms with Gasteiger partial charge in [-0.15, -0.1) is 0 Å². The maximum atomic E-state index is 10.7. The summed E-state index contributed by atoms with van der Waals surface area (Å²) in [4.78, 5) is 10.7. The Labute approximate surface area is 79.9 Å². The Hall–Kier alpha value is -0.380. The number of carbonyl (C=O) groups is 1. The maximum Gasteiger partial charge on any atom is 0.134 e. The number of hydrogen-bond donors (Lipinski definition) is 0. The van der Waals surface area contributed by atoms with Crippen molar-refractivity contribution in [1.29, 1.82) is 0 Å². The summed E-state index contributed by atoms with van der Waals surface area (Å²) in [5, 5.41) is 0. The lowest BCUT2D eigenvalue weighted by molar-refractivity contribution is -0.116. The Kier molecular flexibility index (Phi) is 3.05. The quantitative estimate of drug-likeness (QED) is 0.746. The van der Waals surface area contributed by atoms with Crippen LogP contribution in [0.2, 0.25) is 0 Å². The molecule has 58 valence electrons. The predicted octanol–water partition coefficient (Wildman–Crippen LogP) is 2.42. The summed E-state index contributed by atoms with van der Waals surface area (Å²) in [6.45, 7) is 1.61. The Morgan fingerprint density at radius 2 is 2.27 bits per heavy atom. The lowest BCUT2D eigenvalue weighted by atomic mass is 10.1. The van der Waals surface area contributed by atoms with Crippen molar-refractivity contribution in [1.82, 2.24) is 0 Å². The molecule has 0 N–H and O–H groups in total. The molecule has 2 heteroatoms. The molecule has 0 spiro atoms. The van der Waals surface area contributed by atoms with Crippen molar-refractivity contribution in [2.75, 3.05) is 0 Å². The maximum absolute atomic E-state index is 10.7. The summed E-state index contributed by atoms with van der Waals surface area (Å²) in [7, 11) is 0. The van der Waals surface area contributed by atoms with Crippen LogP contribution in [0.25, 0.3) is 0 Å². The molecule has 1 aromatic rings. The molecule has 0 unspecified atom stereocenters. The third-order valence-electron chi connectivity index (χ3n) is 1.34. The highest BCUT2D eigenvalue weighted by Gasteiger charge is 1.96. The Morgan fingerprint density at radius 1 is 1.55 bits per heavy atom. The van der Waals surface area contributed by atoms with Crippen molar-refractivity contribution in [3.63, 3.8) is 0 Å². The van der Waals surface area contributed by atoms with Gasteiger partial charge in [-0.1, -0.05) is 12.1 Å². The number of rotatable bonds is 2. The Balaban J connectivity index is 2.79. The van der Waals surface area contributed by atoms with Crippen LogP contribution in [0.3, 0.4) is 0 Å². The molecule has 0 radical (unpaired) electrons. The average molecular weight is 260 g/mol. The summed E-state index contributed by atoms with van der Waals surface area (Å²) in [5.41, 5.74) is 1.10. The monoisotopic (exact) mass is 260 g/mol. The van der Waals surface area contributed by atoms with Gasteiger partial charge >= 0.3 is 0 Å². The van der Waals surface area contributed by atoms with Crippen molar-refractivity contribution >= 4 is 28.4 Å². The van der Waals surface area contributed by atoms with Crippen LogP contribution in [0.5, 0.6) is 0 Å². The Morgan fingerprint density at radius 3 is 2.82 bits per heavy atom. The van der Waals surface area contributed by atoms with Crippen molar-refractivity contribution in [2.24, 2.45) is 0 Å². The summed E-state index contributed by atoms with van der Waals surface area (Å²) in [6, 6.07) is 8.00. The van der Waals surface area contributed by atoms with E-state index in [2.05, 4.69) is 22.6 Å². The highest BCUT2D eigenvalue weighted by molar-refractivity contribution is 14.1. The summed E-state index contributed by atoms with van der Waals surface area (Å²) in [5.74, 6) is 0.215. The molecular formula is C9H9IO. The van der Waals surface area contributed by atoms with E-state index < -0.39 is 0 Å². The summed E-state index contributed by atoms with van der Waals surface area (Å²) >= 11 is 2.24. The zero-order chi connectivity index (χ0) is 8.27.